The molecule has 3 aromatic rings. The number of benzene rings is 1. The fraction of sp³-hybridized carbons (Fsp3) is 0.545. The molecular weight excluding hydrogens is 616 g/mol. The summed E-state index contributed by atoms with van der Waals surface area (Å²) in [5, 5.41) is 2.39. The van der Waals surface area contributed by atoms with Gasteiger partial charge in [0.2, 0.25) is 0 Å². The number of carbonyl (C=O) groups excluding carboxylic acids is 1. The molecule has 46 heavy (non-hydrogen) atoms. The van der Waals surface area contributed by atoms with E-state index in [1.54, 1.807) is 51.4 Å². The second-order valence-corrected chi connectivity index (χ2v) is 13.0. The number of fused-ring (bicyclic) bond motifs is 1. The van der Waals surface area contributed by atoms with Crippen molar-refractivity contribution in [2.24, 2.45) is 0 Å². The van der Waals surface area contributed by atoms with Gasteiger partial charge in [-0.2, -0.15) is 0 Å². The van der Waals surface area contributed by atoms with Crippen LogP contribution in [-0.4, -0.2) is 124 Å². The van der Waals surface area contributed by atoms with E-state index in [-0.39, 0.29) is 5.91 Å². The quantitative estimate of drug-likeness (QED) is 0.135. The molecule has 0 atom stereocenters. The van der Waals surface area contributed by atoms with Crippen molar-refractivity contribution in [3.8, 4) is 11.1 Å². The van der Waals surface area contributed by atoms with Crippen molar-refractivity contribution < 1.29 is 46.4 Å². The monoisotopic (exact) mass is 664 g/mol. The van der Waals surface area contributed by atoms with Gasteiger partial charge in [0.25, 0.3) is 5.91 Å². The van der Waals surface area contributed by atoms with Gasteiger partial charge in [-0.25, -0.2) is 8.42 Å². The minimum Gasteiger partial charge on any atom is -0.382 e. The summed E-state index contributed by atoms with van der Waals surface area (Å²) < 4.78 is 64.2. The molecule has 1 aromatic carbocycles. The van der Waals surface area contributed by atoms with Gasteiger partial charge >= 0.3 is 0 Å². The van der Waals surface area contributed by atoms with E-state index in [4.69, 9.17) is 33.2 Å². The van der Waals surface area contributed by atoms with E-state index in [0.717, 1.165) is 16.6 Å². The molecule has 0 saturated carbocycles. The zero-order chi connectivity index (χ0) is 33.0. The van der Waals surface area contributed by atoms with Crippen LogP contribution < -0.4 is 5.32 Å². The first kappa shape index (κ1) is 37.6. The molecule has 0 spiro atoms. The Balaban J connectivity index is 1.20. The van der Waals surface area contributed by atoms with Crippen molar-refractivity contribution in [1.29, 1.82) is 0 Å². The third kappa shape index (κ3) is 13.1. The van der Waals surface area contributed by atoms with E-state index < -0.39 is 15.1 Å². The lowest BCUT2D eigenvalue weighted by Crippen LogP contribution is -2.27. The van der Waals surface area contributed by atoms with Crippen molar-refractivity contribution in [3.63, 3.8) is 0 Å². The Morgan fingerprint density at radius 1 is 0.674 bits per heavy atom. The Morgan fingerprint density at radius 3 is 1.65 bits per heavy atom. The number of methoxy groups -OCH3 is 1. The molecule has 2 aromatic heterocycles. The van der Waals surface area contributed by atoms with Gasteiger partial charge in [-0.3, -0.25) is 4.79 Å². The maximum absolute atomic E-state index is 12.7. The van der Waals surface area contributed by atoms with E-state index in [9.17, 15) is 13.2 Å². The Morgan fingerprint density at radius 2 is 1.15 bits per heavy atom. The Labute approximate surface area is 272 Å². The van der Waals surface area contributed by atoms with Crippen molar-refractivity contribution >= 4 is 21.3 Å². The number of carbonyl (C=O) groups is 1. The van der Waals surface area contributed by atoms with Gasteiger partial charge in [0.05, 0.1) is 102 Å². The Bertz CT molecular complexity index is 1390. The molecule has 13 heteroatoms. The second-order valence-electron chi connectivity index (χ2n) is 10.5. The van der Waals surface area contributed by atoms with Gasteiger partial charge in [0.1, 0.15) is 0 Å². The van der Waals surface area contributed by atoms with Gasteiger partial charge in [0, 0.05) is 31.6 Å². The van der Waals surface area contributed by atoms with Crippen LogP contribution in [0.25, 0.3) is 16.6 Å². The van der Waals surface area contributed by atoms with Crippen LogP contribution in [0, 0.1) is 0 Å². The summed E-state index contributed by atoms with van der Waals surface area (Å²) in [6.45, 7) is 10.1. The summed E-state index contributed by atoms with van der Waals surface area (Å²) in [6, 6.07) is 12.6. The molecule has 0 bridgehead atoms. The maximum Gasteiger partial charge on any atom is 0.252 e. The van der Waals surface area contributed by atoms with Crippen LogP contribution in [0.2, 0.25) is 0 Å². The van der Waals surface area contributed by atoms with Crippen LogP contribution in [-0.2, 0) is 43.0 Å². The molecule has 0 aliphatic carbocycles. The average molecular weight is 665 g/mol. The zero-order valence-electron chi connectivity index (χ0n) is 27.1. The normalized spacial score (nSPS) is 11.9. The summed E-state index contributed by atoms with van der Waals surface area (Å²) in [6.07, 6.45) is 3.69. The lowest BCUT2D eigenvalue weighted by atomic mass is 10.1. The molecule has 1 N–H and O–H groups in total. The highest BCUT2D eigenvalue weighted by Crippen LogP contribution is 2.24. The van der Waals surface area contributed by atoms with Crippen molar-refractivity contribution in [1.82, 2.24) is 9.72 Å². The number of hydrogen-bond acceptors (Lipinski definition) is 10. The number of amides is 1. The third-order valence-corrected chi connectivity index (χ3v) is 8.98. The highest BCUT2D eigenvalue weighted by Gasteiger charge is 2.19. The van der Waals surface area contributed by atoms with Crippen LogP contribution >= 0.6 is 0 Å². The lowest BCUT2D eigenvalue weighted by molar-refractivity contribution is -0.0189. The molecule has 1 amide bonds. The van der Waals surface area contributed by atoms with Crippen LogP contribution in [0.15, 0.2) is 59.8 Å². The number of nitrogens with one attached hydrogen (secondary N) is 1. The van der Waals surface area contributed by atoms with Gasteiger partial charge < -0.3 is 42.9 Å². The first-order valence-corrected chi connectivity index (χ1v) is 17.1. The third-order valence-electron chi connectivity index (χ3n) is 6.81. The summed E-state index contributed by atoms with van der Waals surface area (Å²) in [5.41, 5.74) is 3.21. The number of ether oxygens (including phenoxy) is 7. The summed E-state index contributed by atoms with van der Waals surface area (Å²) in [5.74, 6) is -0.190. The molecule has 2 heterocycles. The lowest BCUT2D eigenvalue weighted by Gasteiger charge is -2.09. The number of hydrogen-bond donors (Lipinski definition) is 1. The predicted molar refractivity (Wildman–Crippen MR) is 174 cm³/mol. The molecule has 3 rings (SSSR count). The Kier molecular flexibility index (Phi) is 17.2. The summed E-state index contributed by atoms with van der Waals surface area (Å²) >= 11 is 0. The largest absolute Gasteiger partial charge is 0.382 e. The molecule has 0 saturated heterocycles. The van der Waals surface area contributed by atoms with Crippen molar-refractivity contribution in [3.05, 3.63) is 60.4 Å². The molecule has 0 unspecified atom stereocenters. The number of rotatable bonds is 25. The first-order chi connectivity index (χ1) is 22.3. The van der Waals surface area contributed by atoms with E-state index in [1.807, 2.05) is 28.8 Å². The fourth-order valence-electron chi connectivity index (χ4n) is 4.20. The smallest absolute Gasteiger partial charge is 0.252 e. The van der Waals surface area contributed by atoms with Crippen molar-refractivity contribution in [2.45, 2.75) is 24.0 Å². The van der Waals surface area contributed by atoms with E-state index >= 15 is 0 Å². The Hall–Kier alpha value is -2.88. The molecular formula is C33H48N2O10S. The summed E-state index contributed by atoms with van der Waals surface area (Å²) in [7, 11) is -1.69. The van der Waals surface area contributed by atoms with Gasteiger partial charge in [-0.15, -0.1) is 0 Å². The van der Waals surface area contributed by atoms with Crippen LogP contribution in [0.5, 0.6) is 0 Å². The SMILES string of the molecule is COCCOCCOCCOCCOCCOCCOCCNC(=O)c1cc2ccc(-c3ccc(S(=O)(=O)C(C)C)cc3)cn2c1. The number of pyridine rings is 1. The minimum atomic E-state index is -3.32. The van der Waals surface area contributed by atoms with Crippen LogP contribution in [0.3, 0.4) is 0 Å². The van der Waals surface area contributed by atoms with Gasteiger partial charge in [-0.1, -0.05) is 18.2 Å². The van der Waals surface area contributed by atoms with Gasteiger partial charge in [-0.05, 0) is 49.2 Å². The topological polar surface area (TPSA) is 132 Å². The number of sulfone groups is 1. The molecule has 0 aliphatic rings. The molecule has 12 nitrogen and oxygen atoms in total. The number of aromatic nitrogens is 1. The molecule has 0 radical (unpaired) electrons. The number of nitrogens with zero attached hydrogens (tertiary/aromatic N) is 1. The van der Waals surface area contributed by atoms with Crippen LogP contribution in [0.4, 0.5) is 0 Å². The highest BCUT2D eigenvalue weighted by molar-refractivity contribution is 7.92. The highest BCUT2D eigenvalue weighted by atomic mass is 32.2. The second kappa shape index (κ2) is 21.1. The average Bonchev–Trinajstić information content (AvgIpc) is 3.49. The van der Waals surface area contributed by atoms with Gasteiger partial charge in [0.15, 0.2) is 9.84 Å². The predicted octanol–water partition coefficient (Wildman–Crippen LogP) is 3.26. The standard InChI is InChI=1S/C33H48N2O10S/c1-27(2)46(37,38)32-8-5-28(6-9-32)29-4-7-31-24-30(26-35(31)25-29)33(36)34-10-11-40-14-15-42-18-19-44-22-23-45-21-20-43-17-16-41-13-12-39-3/h4-9,24-27H,10-23H2,1-3H3,(H,34,36). The maximum atomic E-state index is 12.7. The molecule has 256 valence electrons. The summed E-state index contributed by atoms with van der Waals surface area (Å²) in [4.78, 5) is 13.0. The van der Waals surface area contributed by atoms with E-state index in [2.05, 4.69) is 5.32 Å². The van der Waals surface area contributed by atoms with Crippen molar-refractivity contribution in [2.75, 3.05) is 99.5 Å². The molecule has 0 fully saturated rings. The fourth-order valence-corrected chi connectivity index (χ4v) is 5.26. The van der Waals surface area contributed by atoms with E-state index in [1.165, 1.54) is 0 Å². The zero-order valence-corrected chi connectivity index (χ0v) is 27.9. The first-order valence-electron chi connectivity index (χ1n) is 15.5. The minimum absolute atomic E-state index is 0.190. The molecule has 0 aliphatic heterocycles. The van der Waals surface area contributed by atoms with E-state index in [0.29, 0.717) is 103 Å². The van der Waals surface area contributed by atoms with Crippen LogP contribution in [0.1, 0.15) is 24.2 Å².